The maximum absolute atomic E-state index is 12.6. The first-order valence-corrected chi connectivity index (χ1v) is 3.30. The minimum Gasteiger partial charge on any atom is -0.316 e. The lowest BCUT2D eigenvalue weighted by atomic mass is 9.68. The molecule has 2 atom stereocenters. The lowest BCUT2D eigenvalue weighted by Crippen LogP contribution is -2.61. The molecule has 2 saturated heterocycles. The predicted molar refractivity (Wildman–Crippen MR) is 29.4 cm³/mol. The first-order valence-electron chi connectivity index (χ1n) is 3.30. The summed E-state index contributed by atoms with van der Waals surface area (Å²) in [6.45, 7) is 1.03. The Bertz CT molecular complexity index is 119. The van der Waals surface area contributed by atoms with E-state index >= 15 is 0 Å². The van der Waals surface area contributed by atoms with Crippen LogP contribution in [0.3, 0.4) is 0 Å². The van der Waals surface area contributed by atoms with Crippen molar-refractivity contribution in [1.29, 1.82) is 0 Å². The maximum atomic E-state index is 12.6. The van der Waals surface area contributed by atoms with Crippen molar-refractivity contribution < 1.29 is 8.78 Å². The van der Waals surface area contributed by atoms with Crippen molar-refractivity contribution in [3.05, 3.63) is 0 Å². The van der Waals surface area contributed by atoms with Crippen molar-refractivity contribution in [1.82, 2.24) is 5.32 Å². The number of fused-ring (bicyclic) bond motifs is 2. The summed E-state index contributed by atoms with van der Waals surface area (Å²) in [5.74, 6) is -3.03. The van der Waals surface area contributed by atoms with Gasteiger partial charge in [-0.05, 0) is 6.42 Å². The minimum atomic E-state index is -2.33. The van der Waals surface area contributed by atoms with Crippen molar-refractivity contribution in [2.75, 3.05) is 13.1 Å². The molecular formula is C6H9F2N. The minimum absolute atomic E-state index is 0.351. The summed E-state index contributed by atoms with van der Waals surface area (Å²) in [6, 6.07) is 0. The summed E-state index contributed by atoms with van der Waals surface area (Å²) in [5, 5.41) is 2.96. The summed E-state index contributed by atoms with van der Waals surface area (Å²) in [4.78, 5) is 0. The SMILES string of the molecule is FC1(F)[C@@H]2CNC[C@H]1C2. The molecule has 0 unspecified atom stereocenters. The molecule has 0 aromatic heterocycles. The molecule has 1 N–H and O–H groups in total. The third-order valence-corrected chi connectivity index (χ3v) is 2.44. The predicted octanol–water partition coefficient (Wildman–Crippen LogP) is 0.861. The fourth-order valence-electron chi connectivity index (χ4n) is 1.70. The standard InChI is InChI=1S/C6H9F2N/c7-6(8)4-1-5(6)3-9-2-4/h4-5,9H,1-3H2/t4-,5+. The molecule has 2 heterocycles. The number of rotatable bonds is 0. The number of hydrogen-bond donors (Lipinski definition) is 1. The molecular weight excluding hydrogens is 124 g/mol. The van der Waals surface area contributed by atoms with Crippen LogP contribution in [0.15, 0.2) is 0 Å². The average Bonchev–Trinajstić information content (AvgIpc) is 1.89. The highest BCUT2D eigenvalue weighted by atomic mass is 19.3. The molecule has 0 aromatic carbocycles. The molecule has 3 fully saturated rings. The van der Waals surface area contributed by atoms with Gasteiger partial charge in [0.25, 0.3) is 5.92 Å². The van der Waals surface area contributed by atoms with Gasteiger partial charge < -0.3 is 5.32 Å². The van der Waals surface area contributed by atoms with Crippen LogP contribution in [-0.4, -0.2) is 19.0 Å². The molecule has 1 nitrogen and oxygen atoms in total. The van der Waals surface area contributed by atoms with Crippen molar-refractivity contribution in [3.63, 3.8) is 0 Å². The van der Waals surface area contributed by atoms with Gasteiger partial charge in [-0.1, -0.05) is 0 Å². The summed E-state index contributed by atoms with van der Waals surface area (Å²) < 4.78 is 25.2. The largest absolute Gasteiger partial charge is 0.316 e. The number of halogens is 2. The van der Waals surface area contributed by atoms with Crippen LogP contribution in [0.2, 0.25) is 0 Å². The highest BCUT2D eigenvalue weighted by Gasteiger charge is 2.58. The van der Waals surface area contributed by atoms with E-state index < -0.39 is 5.92 Å². The van der Waals surface area contributed by atoms with Crippen LogP contribution in [0, 0.1) is 11.8 Å². The van der Waals surface area contributed by atoms with E-state index in [9.17, 15) is 8.78 Å². The molecule has 3 rings (SSSR count). The topological polar surface area (TPSA) is 12.0 Å². The third-order valence-electron chi connectivity index (χ3n) is 2.44. The molecule has 1 aliphatic carbocycles. The van der Waals surface area contributed by atoms with Gasteiger partial charge in [0.1, 0.15) is 0 Å². The van der Waals surface area contributed by atoms with E-state index in [0.717, 1.165) is 6.42 Å². The van der Waals surface area contributed by atoms with Gasteiger partial charge in [-0.2, -0.15) is 0 Å². The number of hydrogen-bond acceptors (Lipinski definition) is 1. The Hall–Kier alpha value is -0.180. The maximum Gasteiger partial charge on any atom is 0.256 e. The van der Waals surface area contributed by atoms with Gasteiger partial charge in [-0.25, -0.2) is 8.78 Å². The van der Waals surface area contributed by atoms with Gasteiger partial charge in [0.05, 0.1) is 0 Å². The summed E-state index contributed by atoms with van der Waals surface area (Å²) >= 11 is 0. The fourth-order valence-corrected chi connectivity index (χ4v) is 1.70. The smallest absolute Gasteiger partial charge is 0.256 e. The highest BCUT2D eigenvalue weighted by molar-refractivity contribution is 5.01. The molecule has 2 aliphatic heterocycles. The molecule has 3 aliphatic rings. The van der Waals surface area contributed by atoms with Gasteiger partial charge in [0.15, 0.2) is 0 Å². The normalized spacial score (nSPS) is 46.0. The van der Waals surface area contributed by atoms with Crippen LogP contribution in [0.4, 0.5) is 8.78 Å². The zero-order valence-corrected chi connectivity index (χ0v) is 5.03. The second-order valence-corrected chi connectivity index (χ2v) is 2.96. The van der Waals surface area contributed by atoms with Gasteiger partial charge in [-0.3, -0.25) is 0 Å². The fraction of sp³-hybridized carbons (Fsp3) is 1.00. The van der Waals surface area contributed by atoms with Crippen LogP contribution < -0.4 is 5.32 Å². The average molecular weight is 133 g/mol. The van der Waals surface area contributed by atoms with E-state index in [1.807, 2.05) is 0 Å². The van der Waals surface area contributed by atoms with Gasteiger partial charge in [-0.15, -0.1) is 0 Å². The van der Waals surface area contributed by atoms with Gasteiger partial charge >= 0.3 is 0 Å². The van der Waals surface area contributed by atoms with Crippen LogP contribution in [0.1, 0.15) is 6.42 Å². The van der Waals surface area contributed by atoms with Gasteiger partial charge in [0, 0.05) is 24.9 Å². The Morgan fingerprint density at radius 1 is 1.22 bits per heavy atom. The quantitative estimate of drug-likeness (QED) is 0.516. The van der Waals surface area contributed by atoms with Crippen molar-refractivity contribution in [3.8, 4) is 0 Å². The highest BCUT2D eigenvalue weighted by Crippen LogP contribution is 2.50. The van der Waals surface area contributed by atoms with Gasteiger partial charge in [0.2, 0.25) is 0 Å². The molecule has 0 aromatic rings. The Balaban J connectivity index is 2.13. The number of nitrogens with one attached hydrogen (secondary N) is 1. The second-order valence-electron chi connectivity index (χ2n) is 2.96. The lowest BCUT2D eigenvalue weighted by molar-refractivity contribution is -0.200. The van der Waals surface area contributed by atoms with Crippen LogP contribution in [0.5, 0.6) is 0 Å². The third kappa shape index (κ3) is 0.556. The molecule has 0 radical (unpaired) electrons. The Kier molecular flexibility index (Phi) is 0.903. The molecule has 52 valence electrons. The number of piperidine rings is 2. The van der Waals surface area contributed by atoms with E-state index in [1.54, 1.807) is 0 Å². The lowest BCUT2D eigenvalue weighted by Gasteiger charge is -2.49. The van der Waals surface area contributed by atoms with E-state index in [-0.39, 0.29) is 11.8 Å². The molecule has 2 bridgehead atoms. The molecule has 3 heteroatoms. The summed E-state index contributed by atoms with van der Waals surface area (Å²) in [5.41, 5.74) is 0. The Morgan fingerprint density at radius 3 is 2.00 bits per heavy atom. The monoisotopic (exact) mass is 133 g/mol. The van der Waals surface area contributed by atoms with E-state index in [2.05, 4.69) is 5.32 Å². The van der Waals surface area contributed by atoms with Crippen molar-refractivity contribution in [2.24, 2.45) is 11.8 Å². The van der Waals surface area contributed by atoms with Crippen LogP contribution in [-0.2, 0) is 0 Å². The van der Waals surface area contributed by atoms with E-state index in [4.69, 9.17) is 0 Å². The first-order chi connectivity index (χ1) is 4.21. The zero-order chi connectivity index (χ0) is 6.48. The Morgan fingerprint density at radius 2 is 1.78 bits per heavy atom. The summed E-state index contributed by atoms with van der Waals surface area (Å²) in [7, 11) is 0. The summed E-state index contributed by atoms with van der Waals surface area (Å²) in [6.07, 6.45) is 0.736. The molecule has 0 amide bonds. The van der Waals surface area contributed by atoms with Crippen LogP contribution >= 0.6 is 0 Å². The van der Waals surface area contributed by atoms with E-state index in [1.165, 1.54) is 0 Å². The van der Waals surface area contributed by atoms with Crippen LogP contribution in [0.25, 0.3) is 0 Å². The number of alkyl halides is 2. The van der Waals surface area contributed by atoms with Crippen molar-refractivity contribution in [2.45, 2.75) is 12.3 Å². The first kappa shape index (κ1) is 5.59. The molecule has 1 saturated carbocycles. The molecule has 9 heavy (non-hydrogen) atoms. The second kappa shape index (κ2) is 1.45. The van der Waals surface area contributed by atoms with E-state index in [0.29, 0.717) is 13.1 Å². The Labute approximate surface area is 52.4 Å². The zero-order valence-electron chi connectivity index (χ0n) is 5.03. The molecule has 0 spiro atoms. The van der Waals surface area contributed by atoms with Crippen molar-refractivity contribution >= 4 is 0 Å².